The van der Waals surface area contributed by atoms with Crippen molar-refractivity contribution in [3.05, 3.63) is 24.7 Å². The van der Waals surface area contributed by atoms with E-state index in [1.165, 1.54) is 0 Å². The smallest absolute Gasteiger partial charge is 0.226 e. The van der Waals surface area contributed by atoms with Crippen molar-refractivity contribution < 1.29 is 9.15 Å². The molecule has 0 amide bonds. The predicted molar refractivity (Wildman–Crippen MR) is 87.0 cm³/mol. The summed E-state index contributed by atoms with van der Waals surface area (Å²) in [6.07, 6.45) is 4.83. The van der Waals surface area contributed by atoms with Gasteiger partial charge in [-0.2, -0.15) is 0 Å². The average molecular weight is 314 g/mol. The second-order valence-electron chi connectivity index (χ2n) is 4.96. The summed E-state index contributed by atoms with van der Waals surface area (Å²) < 4.78 is 10.9. The third kappa shape index (κ3) is 3.21. The number of nitrogen functional groups attached to an aromatic ring is 1. The van der Waals surface area contributed by atoms with Crippen molar-refractivity contribution in [3.8, 4) is 11.3 Å². The molecule has 0 aliphatic carbocycles. The Hall–Kier alpha value is -2.74. The molecule has 3 aromatic heterocycles. The highest BCUT2D eigenvalue weighted by molar-refractivity contribution is 5.88. The van der Waals surface area contributed by atoms with E-state index in [0.29, 0.717) is 37.0 Å². The van der Waals surface area contributed by atoms with E-state index in [4.69, 9.17) is 14.9 Å². The van der Waals surface area contributed by atoms with Crippen LogP contribution < -0.4 is 10.6 Å². The van der Waals surface area contributed by atoms with E-state index in [0.717, 1.165) is 11.1 Å². The number of fused-ring (bicyclic) bond motifs is 1. The first-order valence-electron chi connectivity index (χ1n) is 7.31. The van der Waals surface area contributed by atoms with Crippen molar-refractivity contribution in [2.75, 3.05) is 37.4 Å². The lowest BCUT2D eigenvalue weighted by Crippen LogP contribution is -2.24. The molecular weight excluding hydrogens is 296 g/mol. The van der Waals surface area contributed by atoms with Gasteiger partial charge in [0.25, 0.3) is 0 Å². The lowest BCUT2D eigenvalue weighted by Gasteiger charge is -2.17. The number of nitrogens with zero attached hydrogens (tertiary/aromatic N) is 5. The van der Waals surface area contributed by atoms with Crippen LogP contribution in [0.2, 0.25) is 0 Å². The number of anilines is 2. The minimum atomic E-state index is 0.215. The predicted octanol–water partition coefficient (Wildman–Crippen LogP) is 1.73. The van der Waals surface area contributed by atoms with Crippen molar-refractivity contribution in [2.45, 2.75) is 6.92 Å². The standard InChI is InChI=1S/C15H18N6O2/c1-3-22-7-5-21(2)15-19-11-4-6-23-13(11)12(20-15)10-8-17-14(16)18-9-10/h4,6,8-9H,3,5,7H2,1-2H3,(H2,16,17,18). The SMILES string of the molecule is CCOCCN(C)c1nc(-c2cnc(N)nc2)c2occc2n1. The zero-order valence-corrected chi connectivity index (χ0v) is 13.1. The molecule has 0 saturated heterocycles. The summed E-state index contributed by atoms with van der Waals surface area (Å²) >= 11 is 0. The van der Waals surface area contributed by atoms with Crippen LogP contribution in [0.3, 0.4) is 0 Å². The summed E-state index contributed by atoms with van der Waals surface area (Å²) in [5, 5.41) is 0. The molecular formula is C15H18N6O2. The zero-order valence-electron chi connectivity index (χ0n) is 13.1. The normalized spacial score (nSPS) is 11.0. The molecule has 0 bridgehead atoms. The Morgan fingerprint density at radius 2 is 2.04 bits per heavy atom. The van der Waals surface area contributed by atoms with Crippen LogP contribution in [0.15, 0.2) is 29.1 Å². The summed E-state index contributed by atoms with van der Waals surface area (Å²) in [5.74, 6) is 0.804. The summed E-state index contributed by atoms with van der Waals surface area (Å²) in [5.41, 5.74) is 8.23. The van der Waals surface area contributed by atoms with Gasteiger partial charge in [-0.3, -0.25) is 0 Å². The van der Waals surface area contributed by atoms with Crippen molar-refractivity contribution in [2.24, 2.45) is 0 Å². The molecule has 0 atom stereocenters. The fourth-order valence-electron chi connectivity index (χ4n) is 2.12. The summed E-state index contributed by atoms with van der Waals surface area (Å²) in [6.45, 7) is 3.95. The molecule has 2 N–H and O–H groups in total. The van der Waals surface area contributed by atoms with E-state index in [-0.39, 0.29) is 5.95 Å². The molecule has 0 aliphatic rings. The lowest BCUT2D eigenvalue weighted by molar-refractivity contribution is 0.154. The topological polar surface area (TPSA) is 103 Å². The van der Waals surface area contributed by atoms with Crippen LogP contribution >= 0.6 is 0 Å². The molecule has 3 aromatic rings. The van der Waals surface area contributed by atoms with E-state index < -0.39 is 0 Å². The molecule has 0 unspecified atom stereocenters. The molecule has 120 valence electrons. The van der Waals surface area contributed by atoms with Gasteiger partial charge in [0, 0.05) is 44.2 Å². The third-order valence-corrected chi connectivity index (χ3v) is 3.35. The Balaban J connectivity index is 1.99. The highest BCUT2D eigenvalue weighted by Crippen LogP contribution is 2.28. The first-order valence-corrected chi connectivity index (χ1v) is 7.31. The molecule has 0 radical (unpaired) electrons. The quantitative estimate of drug-likeness (QED) is 0.686. The van der Waals surface area contributed by atoms with Crippen molar-refractivity contribution in [1.29, 1.82) is 0 Å². The molecule has 3 rings (SSSR count). The van der Waals surface area contributed by atoms with Crippen LogP contribution in [0.5, 0.6) is 0 Å². The number of furan rings is 1. The highest BCUT2D eigenvalue weighted by Gasteiger charge is 2.15. The lowest BCUT2D eigenvalue weighted by atomic mass is 10.2. The van der Waals surface area contributed by atoms with Crippen LogP contribution in [0.4, 0.5) is 11.9 Å². The van der Waals surface area contributed by atoms with Crippen LogP contribution in [0, 0.1) is 0 Å². The van der Waals surface area contributed by atoms with Gasteiger partial charge in [-0.15, -0.1) is 0 Å². The molecule has 3 heterocycles. The zero-order chi connectivity index (χ0) is 16.2. The summed E-state index contributed by atoms with van der Waals surface area (Å²) in [7, 11) is 1.92. The Kier molecular flexibility index (Phi) is 4.33. The Labute approximate surface area is 133 Å². The minimum Gasteiger partial charge on any atom is -0.460 e. The van der Waals surface area contributed by atoms with Gasteiger partial charge >= 0.3 is 0 Å². The van der Waals surface area contributed by atoms with Crippen LogP contribution in [-0.2, 0) is 4.74 Å². The maximum Gasteiger partial charge on any atom is 0.226 e. The van der Waals surface area contributed by atoms with Crippen LogP contribution in [0.25, 0.3) is 22.4 Å². The summed E-state index contributed by atoms with van der Waals surface area (Å²) in [6, 6.07) is 1.80. The molecule has 8 nitrogen and oxygen atoms in total. The van der Waals surface area contributed by atoms with Crippen molar-refractivity contribution >= 4 is 23.0 Å². The Bertz CT molecular complexity index is 786. The molecule has 0 fully saturated rings. The Morgan fingerprint density at radius 3 is 2.78 bits per heavy atom. The third-order valence-electron chi connectivity index (χ3n) is 3.35. The molecule has 0 spiro atoms. The van der Waals surface area contributed by atoms with Crippen LogP contribution in [0.1, 0.15) is 6.92 Å². The monoisotopic (exact) mass is 314 g/mol. The first-order chi connectivity index (χ1) is 11.2. The van der Waals surface area contributed by atoms with Gasteiger partial charge < -0.3 is 19.8 Å². The number of likely N-dealkylation sites (N-methyl/N-ethyl adjacent to an activating group) is 1. The first kappa shape index (κ1) is 15.2. The molecule has 0 aromatic carbocycles. The number of hydrogen-bond acceptors (Lipinski definition) is 8. The van der Waals surface area contributed by atoms with E-state index in [2.05, 4.69) is 19.9 Å². The van der Waals surface area contributed by atoms with Crippen molar-refractivity contribution in [1.82, 2.24) is 19.9 Å². The number of aromatic nitrogens is 4. The summed E-state index contributed by atoms with van der Waals surface area (Å²) in [4.78, 5) is 19.1. The molecule has 0 aliphatic heterocycles. The second-order valence-corrected chi connectivity index (χ2v) is 4.96. The van der Waals surface area contributed by atoms with E-state index in [9.17, 15) is 0 Å². The van der Waals surface area contributed by atoms with E-state index in [1.807, 2.05) is 18.9 Å². The van der Waals surface area contributed by atoms with E-state index in [1.54, 1.807) is 24.7 Å². The van der Waals surface area contributed by atoms with Gasteiger partial charge in [0.05, 0.1) is 12.9 Å². The minimum absolute atomic E-state index is 0.215. The number of hydrogen-bond donors (Lipinski definition) is 1. The molecule has 23 heavy (non-hydrogen) atoms. The maximum absolute atomic E-state index is 5.54. The average Bonchev–Trinajstić information content (AvgIpc) is 3.03. The fraction of sp³-hybridized carbons (Fsp3) is 0.333. The second kappa shape index (κ2) is 6.57. The number of rotatable bonds is 6. The largest absolute Gasteiger partial charge is 0.460 e. The molecule has 0 saturated carbocycles. The van der Waals surface area contributed by atoms with Gasteiger partial charge in [0.2, 0.25) is 11.9 Å². The van der Waals surface area contributed by atoms with Gasteiger partial charge in [0.1, 0.15) is 11.2 Å². The fourth-order valence-corrected chi connectivity index (χ4v) is 2.12. The highest BCUT2D eigenvalue weighted by atomic mass is 16.5. The van der Waals surface area contributed by atoms with Crippen LogP contribution in [-0.4, -0.2) is 46.7 Å². The maximum atomic E-state index is 5.54. The van der Waals surface area contributed by atoms with Gasteiger partial charge in [-0.1, -0.05) is 0 Å². The van der Waals surface area contributed by atoms with Gasteiger partial charge in [0.15, 0.2) is 5.58 Å². The number of ether oxygens (including phenoxy) is 1. The van der Waals surface area contributed by atoms with Gasteiger partial charge in [-0.25, -0.2) is 19.9 Å². The van der Waals surface area contributed by atoms with Crippen molar-refractivity contribution in [3.63, 3.8) is 0 Å². The van der Waals surface area contributed by atoms with E-state index >= 15 is 0 Å². The van der Waals surface area contributed by atoms with Gasteiger partial charge in [-0.05, 0) is 6.92 Å². The Morgan fingerprint density at radius 1 is 1.26 bits per heavy atom. The number of nitrogens with two attached hydrogens (primary N) is 1. The molecule has 8 heteroatoms.